The number of benzene rings is 2. The van der Waals surface area contributed by atoms with E-state index in [0.717, 1.165) is 11.3 Å². The fourth-order valence-corrected chi connectivity index (χ4v) is 1.63. The van der Waals surface area contributed by atoms with Crippen molar-refractivity contribution < 1.29 is 0 Å². The van der Waals surface area contributed by atoms with E-state index in [1.165, 1.54) is 0 Å². The Balaban J connectivity index is 2.17. The van der Waals surface area contributed by atoms with Gasteiger partial charge in [-0.15, -0.1) is 0 Å². The van der Waals surface area contributed by atoms with E-state index < -0.39 is 0 Å². The molecule has 0 aromatic heterocycles. The molecular weight excluding hydrogens is 244 g/mol. The Labute approximate surface area is 111 Å². The second-order valence-corrected chi connectivity index (χ2v) is 4.12. The molecule has 88 valence electrons. The van der Waals surface area contributed by atoms with Crippen molar-refractivity contribution in [1.29, 1.82) is 5.26 Å². The van der Waals surface area contributed by atoms with E-state index in [2.05, 4.69) is 11.4 Å². The number of nitriles is 1. The first-order valence-electron chi connectivity index (χ1n) is 5.47. The Kier molecular flexibility index (Phi) is 4.01. The molecule has 0 heterocycles. The molecule has 0 saturated heterocycles. The lowest BCUT2D eigenvalue weighted by atomic mass is 10.1. The smallest absolute Gasteiger partial charge is 0.101 e. The molecule has 2 nitrogen and oxygen atoms in total. The number of allylic oxidation sites excluding steroid dienone is 1. The van der Waals surface area contributed by atoms with Gasteiger partial charge < -0.3 is 5.32 Å². The molecule has 0 fully saturated rings. The van der Waals surface area contributed by atoms with Crippen molar-refractivity contribution in [2.45, 2.75) is 0 Å². The van der Waals surface area contributed by atoms with Gasteiger partial charge in [-0.3, -0.25) is 0 Å². The first kappa shape index (κ1) is 12.2. The van der Waals surface area contributed by atoms with Gasteiger partial charge in [0.15, 0.2) is 0 Å². The fourth-order valence-electron chi connectivity index (χ4n) is 1.50. The van der Waals surface area contributed by atoms with Crippen LogP contribution < -0.4 is 5.32 Å². The lowest BCUT2D eigenvalue weighted by Gasteiger charge is -2.02. The largest absolute Gasteiger partial charge is 0.360 e. The van der Waals surface area contributed by atoms with E-state index in [1.54, 1.807) is 18.3 Å². The Morgan fingerprint density at radius 1 is 1.06 bits per heavy atom. The van der Waals surface area contributed by atoms with Crippen LogP contribution in [0.3, 0.4) is 0 Å². The van der Waals surface area contributed by atoms with Gasteiger partial charge in [-0.25, -0.2) is 0 Å². The SMILES string of the molecule is N#C/C(=C\Nc1ccc(Cl)cc1)c1ccccc1. The van der Waals surface area contributed by atoms with Crippen LogP contribution in [0.4, 0.5) is 5.69 Å². The first-order valence-corrected chi connectivity index (χ1v) is 5.85. The highest BCUT2D eigenvalue weighted by Crippen LogP contribution is 2.16. The molecule has 0 amide bonds. The fraction of sp³-hybridized carbons (Fsp3) is 0. The normalized spacial score (nSPS) is 10.8. The molecule has 0 saturated carbocycles. The molecule has 0 unspecified atom stereocenters. The summed E-state index contributed by atoms with van der Waals surface area (Å²) in [6.07, 6.45) is 1.69. The minimum Gasteiger partial charge on any atom is -0.360 e. The molecule has 2 aromatic rings. The van der Waals surface area contributed by atoms with Gasteiger partial charge in [0.2, 0.25) is 0 Å². The van der Waals surface area contributed by atoms with Crippen LogP contribution in [0.25, 0.3) is 5.57 Å². The number of halogens is 1. The second-order valence-electron chi connectivity index (χ2n) is 3.69. The number of rotatable bonds is 3. The highest BCUT2D eigenvalue weighted by molar-refractivity contribution is 6.30. The molecule has 2 rings (SSSR count). The van der Waals surface area contributed by atoms with E-state index in [4.69, 9.17) is 16.9 Å². The monoisotopic (exact) mass is 254 g/mol. The van der Waals surface area contributed by atoms with Crippen molar-refractivity contribution in [3.8, 4) is 6.07 Å². The molecular formula is C15H11ClN2. The summed E-state index contributed by atoms with van der Waals surface area (Å²) in [7, 11) is 0. The summed E-state index contributed by atoms with van der Waals surface area (Å²) in [6, 6.07) is 19.0. The topological polar surface area (TPSA) is 35.8 Å². The van der Waals surface area contributed by atoms with Crippen molar-refractivity contribution in [2.24, 2.45) is 0 Å². The molecule has 0 radical (unpaired) electrons. The molecule has 18 heavy (non-hydrogen) atoms. The van der Waals surface area contributed by atoms with Crippen molar-refractivity contribution in [3.05, 3.63) is 71.4 Å². The Hall–Kier alpha value is -2.24. The maximum atomic E-state index is 9.12. The zero-order chi connectivity index (χ0) is 12.8. The summed E-state index contributed by atoms with van der Waals surface area (Å²) < 4.78 is 0. The van der Waals surface area contributed by atoms with Crippen LogP contribution in [0.15, 0.2) is 60.8 Å². The molecule has 2 aromatic carbocycles. The molecule has 0 aliphatic carbocycles. The number of nitrogens with zero attached hydrogens (tertiary/aromatic N) is 1. The third kappa shape index (κ3) is 3.13. The summed E-state index contributed by atoms with van der Waals surface area (Å²) in [4.78, 5) is 0. The van der Waals surface area contributed by atoms with Crippen molar-refractivity contribution in [3.63, 3.8) is 0 Å². The van der Waals surface area contributed by atoms with Crippen LogP contribution in [0.1, 0.15) is 5.56 Å². The van der Waals surface area contributed by atoms with Crippen LogP contribution in [0, 0.1) is 11.3 Å². The van der Waals surface area contributed by atoms with Crippen molar-refractivity contribution >= 4 is 22.9 Å². The number of anilines is 1. The number of hydrogen-bond acceptors (Lipinski definition) is 2. The van der Waals surface area contributed by atoms with Gasteiger partial charge in [-0.05, 0) is 29.8 Å². The summed E-state index contributed by atoms with van der Waals surface area (Å²) in [5.41, 5.74) is 2.37. The second kappa shape index (κ2) is 5.90. The van der Waals surface area contributed by atoms with Crippen LogP contribution in [-0.2, 0) is 0 Å². The third-order valence-electron chi connectivity index (χ3n) is 2.43. The van der Waals surface area contributed by atoms with E-state index in [1.807, 2.05) is 42.5 Å². The zero-order valence-corrected chi connectivity index (χ0v) is 10.4. The van der Waals surface area contributed by atoms with Gasteiger partial charge in [0.1, 0.15) is 6.07 Å². The van der Waals surface area contributed by atoms with Gasteiger partial charge in [0.05, 0.1) is 5.57 Å². The molecule has 0 bridgehead atoms. The Morgan fingerprint density at radius 3 is 2.33 bits per heavy atom. The number of nitrogens with one attached hydrogen (secondary N) is 1. The quantitative estimate of drug-likeness (QED) is 0.828. The summed E-state index contributed by atoms with van der Waals surface area (Å²) in [5.74, 6) is 0. The first-order chi connectivity index (χ1) is 8.79. The van der Waals surface area contributed by atoms with Crippen LogP contribution in [0.5, 0.6) is 0 Å². The highest BCUT2D eigenvalue weighted by Gasteiger charge is 1.98. The van der Waals surface area contributed by atoms with Crippen molar-refractivity contribution in [1.82, 2.24) is 0 Å². The van der Waals surface area contributed by atoms with Crippen LogP contribution in [-0.4, -0.2) is 0 Å². The van der Waals surface area contributed by atoms with Gasteiger partial charge >= 0.3 is 0 Å². The summed E-state index contributed by atoms with van der Waals surface area (Å²) >= 11 is 5.80. The zero-order valence-electron chi connectivity index (χ0n) is 9.60. The average Bonchev–Trinajstić information content (AvgIpc) is 2.43. The maximum absolute atomic E-state index is 9.12. The van der Waals surface area contributed by atoms with Crippen molar-refractivity contribution in [2.75, 3.05) is 5.32 Å². The van der Waals surface area contributed by atoms with E-state index in [9.17, 15) is 0 Å². The van der Waals surface area contributed by atoms with Crippen LogP contribution in [0.2, 0.25) is 5.02 Å². The van der Waals surface area contributed by atoms with E-state index >= 15 is 0 Å². The molecule has 0 aliphatic rings. The molecule has 3 heteroatoms. The highest BCUT2D eigenvalue weighted by atomic mass is 35.5. The van der Waals surface area contributed by atoms with E-state index in [-0.39, 0.29) is 0 Å². The van der Waals surface area contributed by atoms with Gasteiger partial charge in [-0.2, -0.15) is 5.26 Å². The maximum Gasteiger partial charge on any atom is 0.101 e. The molecule has 1 N–H and O–H groups in total. The van der Waals surface area contributed by atoms with Crippen LogP contribution >= 0.6 is 11.6 Å². The third-order valence-corrected chi connectivity index (χ3v) is 2.68. The predicted molar refractivity (Wildman–Crippen MR) is 75.1 cm³/mol. The van der Waals surface area contributed by atoms with Gasteiger partial charge in [0, 0.05) is 16.9 Å². The van der Waals surface area contributed by atoms with E-state index in [0.29, 0.717) is 10.6 Å². The summed E-state index contributed by atoms with van der Waals surface area (Å²) in [6.45, 7) is 0. The predicted octanol–water partition coefficient (Wildman–Crippen LogP) is 4.32. The average molecular weight is 255 g/mol. The lowest BCUT2D eigenvalue weighted by molar-refractivity contribution is 1.50. The Bertz CT molecular complexity index is 580. The molecule has 0 aliphatic heterocycles. The minimum atomic E-state index is 0.588. The lowest BCUT2D eigenvalue weighted by Crippen LogP contribution is -1.90. The van der Waals surface area contributed by atoms with Gasteiger partial charge in [0.25, 0.3) is 0 Å². The molecule has 0 spiro atoms. The number of hydrogen-bond donors (Lipinski definition) is 1. The molecule has 0 atom stereocenters. The minimum absolute atomic E-state index is 0.588. The van der Waals surface area contributed by atoms with Gasteiger partial charge in [-0.1, -0.05) is 41.9 Å². The standard InChI is InChI=1S/C15H11ClN2/c16-14-6-8-15(9-7-14)18-11-13(10-17)12-4-2-1-3-5-12/h1-9,11,18H/b13-11+. The summed E-state index contributed by atoms with van der Waals surface area (Å²) in [5, 5.41) is 12.9. The Morgan fingerprint density at radius 2 is 1.72 bits per heavy atom.